The Morgan fingerprint density at radius 3 is 2.95 bits per heavy atom. The standard InChI is InChI=1S/C16H21N3O/c1-2-9-17-11-16(20)18-15-8-10-19(13-15)12-14-6-4-3-5-7-14/h1,3-7,15,17H,8-13H2,(H,18,20). The van der Waals surface area contributed by atoms with Crippen LogP contribution >= 0.6 is 0 Å². The summed E-state index contributed by atoms with van der Waals surface area (Å²) in [6.45, 7) is 3.60. The maximum absolute atomic E-state index is 11.7. The number of hydrogen-bond acceptors (Lipinski definition) is 3. The molecule has 20 heavy (non-hydrogen) atoms. The number of nitrogens with zero attached hydrogens (tertiary/aromatic N) is 1. The van der Waals surface area contributed by atoms with E-state index >= 15 is 0 Å². The Labute approximate surface area is 120 Å². The number of likely N-dealkylation sites (tertiary alicyclic amines) is 1. The molecule has 0 aromatic heterocycles. The van der Waals surface area contributed by atoms with Crippen molar-refractivity contribution in [2.24, 2.45) is 0 Å². The molecule has 1 aromatic carbocycles. The fraction of sp³-hybridized carbons (Fsp3) is 0.438. The van der Waals surface area contributed by atoms with E-state index in [0.717, 1.165) is 26.1 Å². The largest absolute Gasteiger partial charge is 0.351 e. The van der Waals surface area contributed by atoms with Crippen molar-refractivity contribution < 1.29 is 4.79 Å². The maximum Gasteiger partial charge on any atom is 0.234 e. The van der Waals surface area contributed by atoms with Gasteiger partial charge < -0.3 is 5.32 Å². The number of terminal acetylenes is 1. The lowest BCUT2D eigenvalue weighted by Gasteiger charge is -2.16. The summed E-state index contributed by atoms with van der Waals surface area (Å²) in [6, 6.07) is 10.7. The van der Waals surface area contributed by atoms with Gasteiger partial charge in [-0.15, -0.1) is 6.42 Å². The normalized spacial score (nSPS) is 18.6. The van der Waals surface area contributed by atoms with Gasteiger partial charge in [0.1, 0.15) is 0 Å². The van der Waals surface area contributed by atoms with E-state index in [9.17, 15) is 4.79 Å². The third-order valence-electron chi connectivity index (χ3n) is 3.40. The Morgan fingerprint density at radius 1 is 1.40 bits per heavy atom. The van der Waals surface area contributed by atoms with E-state index in [-0.39, 0.29) is 11.9 Å². The number of nitrogens with one attached hydrogen (secondary N) is 2. The molecule has 0 radical (unpaired) electrons. The van der Waals surface area contributed by atoms with Crippen LogP contribution in [0.5, 0.6) is 0 Å². The van der Waals surface area contributed by atoms with Crippen LogP contribution in [0.15, 0.2) is 30.3 Å². The van der Waals surface area contributed by atoms with E-state index in [2.05, 4.69) is 45.7 Å². The van der Waals surface area contributed by atoms with Gasteiger partial charge >= 0.3 is 0 Å². The molecule has 4 heteroatoms. The molecule has 0 spiro atoms. The monoisotopic (exact) mass is 271 g/mol. The Hall–Kier alpha value is -1.83. The van der Waals surface area contributed by atoms with E-state index in [0.29, 0.717) is 13.1 Å². The van der Waals surface area contributed by atoms with Crippen molar-refractivity contribution in [2.75, 3.05) is 26.2 Å². The summed E-state index contributed by atoms with van der Waals surface area (Å²) in [5.74, 6) is 2.47. The topological polar surface area (TPSA) is 44.4 Å². The first-order chi connectivity index (χ1) is 9.78. The van der Waals surface area contributed by atoms with Crippen LogP contribution in [0.4, 0.5) is 0 Å². The predicted octanol–water partition coefficient (Wildman–Crippen LogP) is 0.600. The van der Waals surface area contributed by atoms with Crippen molar-refractivity contribution in [1.29, 1.82) is 0 Å². The van der Waals surface area contributed by atoms with E-state index in [4.69, 9.17) is 6.42 Å². The summed E-state index contributed by atoms with van der Waals surface area (Å²) in [4.78, 5) is 14.0. The van der Waals surface area contributed by atoms with Crippen molar-refractivity contribution >= 4 is 5.91 Å². The molecule has 2 N–H and O–H groups in total. The van der Waals surface area contributed by atoms with Crippen LogP contribution in [-0.4, -0.2) is 43.0 Å². The van der Waals surface area contributed by atoms with Crippen LogP contribution in [0.2, 0.25) is 0 Å². The number of amides is 1. The predicted molar refractivity (Wildman–Crippen MR) is 80.0 cm³/mol. The molecule has 1 saturated heterocycles. The second-order valence-electron chi connectivity index (χ2n) is 5.08. The van der Waals surface area contributed by atoms with E-state index in [1.54, 1.807) is 0 Å². The number of benzene rings is 1. The van der Waals surface area contributed by atoms with Gasteiger partial charge in [-0.3, -0.25) is 15.0 Å². The average molecular weight is 271 g/mol. The van der Waals surface area contributed by atoms with Crippen molar-refractivity contribution in [1.82, 2.24) is 15.5 Å². The lowest BCUT2D eigenvalue weighted by atomic mass is 10.2. The van der Waals surface area contributed by atoms with Gasteiger partial charge in [-0.25, -0.2) is 0 Å². The highest BCUT2D eigenvalue weighted by Gasteiger charge is 2.23. The zero-order chi connectivity index (χ0) is 14.2. The molecule has 0 aliphatic carbocycles. The summed E-state index contributed by atoms with van der Waals surface area (Å²) in [7, 11) is 0. The Kier molecular flexibility index (Phi) is 5.60. The van der Waals surface area contributed by atoms with Gasteiger partial charge in [-0.05, 0) is 12.0 Å². The average Bonchev–Trinajstić information content (AvgIpc) is 2.87. The van der Waals surface area contributed by atoms with Crippen molar-refractivity contribution in [3.05, 3.63) is 35.9 Å². The molecule has 106 valence electrons. The van der Waals surface area contributed by atoms with Gasteiger partial charge in [-0.1, -0.05) is 36.3 Å². The minimum absolute atomic E-state index is 0.0202. The third kappa shape index (κ3) is 4.69. The van der Waals surface area contributed by atoms with Gasteiger partial charge in [0.05, 0.1) is 13.1 Å². The van der Waals surface area contributed by atoms with Gasteiger partial charge in [0.2, 0.25) is 5.91 Å². The fourth-order valence-electron chi connectivity index (χ4n) is 2.46. The molecule has 0 bridgehead atoms. The first kappa shape index (κ1) is 14.6. The number of carbonyl (C=O) groups excluding carboxylic acids is 1. The zero-order valence-corrected chi connectivity index (χ0v) is 11.6. The van der Waals surface area contributed by atoms with Gasteiger partial charge in [0.15, 0.2) is 0 Å². The highest BCUT2D eigenvalue weighted by atomic mass is 16.2. The summed E-state index contributed by atoms with van der Waals surface area (Å²) in [5.41, 5.74) is 1.31. The first-order valence-electron chi connectivity index (χ1n) is 6.98. The molecular weight excluding hydrogens is 250 g/mol. The third-order valence-corrected chi connectivity index (χ3v) is 3.40. The molecule has 1 fully saturated rings. The zero-order valence-electron chi connectivity index (χ0n) is 11.6. The summed E-state index contributed by atoms with van der Waals surface area (Å²) < 4.78 is 0. The van der Waals surface area contributed by atoms with Gasteiger partial charge in [-0.2, -0.15) is 0 Å². The lowest BCUT2D eigenvalue weighted by molar-refractivity contribution is -0.120. The van der Waals surface area contributed by atoms with Crippen molar-refractivity contribution in [3.8, 4) is 12.3 Å². The fourth-order valence-corrected chi connectivity index (χ4v) is 2.46. The Balaban J connectivity index is 1.70. The molecule has 1 unspecified atom stereocenters. The van der Waals surface area contributed by atoms with Crippen LogP contribution in [0.1, 0.15) is 12.0 Å². The van der Waals surface area contributed by atoms with E-state index in [1.807, 2.05) is 6.07 Å². The summed E-state index contributed by atoms with van der Waals surface area (Å²) in [5, 5.41) is 5.94. The molecule has 1 atom stereocenters. The van der Waals surface area contributed by atoms with Gasteiger partial charge in [0.25, 0.3) is 0 Å². The smallest absolute Gasteiger partial charge is 0.234 e. The van der Waals surface area contributed by atoms with Crippen LogP contribution in [0.25, 0.3) is 0 Å². The van der Waals surface area contributed by atoms with Crippen LogP contribution in [0, 0.1) is 12.3 Å². The lowest BCUT2D eigenvalue weighted by Crippen LogP contribution is -2.41. The molecule has 1 heterocycles. The molecule has 2 rings (SSSR count). The van der Waals surface area contributed by atoms with Crippen LogP contribution < -0.4 is 10.6 Å². The van der Waals surface area contributed by atoms with Crippen LogP contribution in [0.3, 0.4) is 0 Å². The minimum Gasteiger partial charge on any atom is -0.351 e. The first-order valence-corrected chi connectivity index (χ1v) is 6.98. The Morgan fingerprint density at radius 2 is 2.20 bits per heavy atom. The number of rotatable bonds is 6. The molecule has 0 saturated carbocycles. The highest BCUT2D eigenvalue weighted by molar-refractivity contribution is 5.78. The molecule has 1 aliphatic heterocycles. The second kappa shape index (κ2) is 7.68. The van der Waals surface area contributed by atoms with Crippen molar-refractivity contribution in [2.45, 2.75) is 19.0 Å². The maximum atomic E-state index is 11.7. The molecule has 1 aromatic rings. The molecule has 1 amide bonds. The van der Waals surface area contributed by atoms with Gasteiger partial charge in [0, 0.05) is 25.7 Å². The second-order valence-corrected chi connectivity index (χ2v) is 5.08. The summed E-state index contributed by atoms with van der Waals surface area (Å²) in [6.07, 6.45) is 6.13. The summed E-state index contributed by atoms with van der Waals surface area (Å²) >= 11 is 0. The SMILES string of the molecule is C#CCNCC(=O)NC1CCN(Cc2ccccc2)C1. The number of carbonyl (C=O) groups is 1. The van der Waals surface area contributed by atoms with E-state index in [1.165, 1.54) is 5.56 Å². The Bertz CT molecular complexity index is 466. The van der Waals surface area contributed by atoms with Crippen molar-refractivity contribution in [3.63, 3.8) is 0 Å². The van der Waals surface area contributed by atoms with E-state index < -0.39 is 0 Å². The number of hydrogen-bond donors (Lipinski definition) is 2. The molecule has 4 nitrogen and oxygen atoms in total. The molecule has 1 aliphatic rings. The highest BCUT2D eigenvalue weighted by Crippen LogP contribution is 2.13. The van der Waals surface area contributed by atoms with Crippen LogP contribution in [-0.2, 0) is 11.3 Å². The quantitative estimate of drug-likeness (QED) is 0.588. The minimum atomic E-state index is 0.0202. The molecular formula is C16H21N3O.